The summed E-state index contributed by atoms with van der Waals surface area (Å²) >= 11 is 0. The summed E-state index contributed by atoms with van der Waals surface area (Å²) in [5.41, 5.74) is 2.58. The molecule has 0 unspecified atom stereocenters. The normalized spacial score (nSPS) is 6.89. The van der Waals surface area contributed by atoms with E-state index in [1.54, 1.807) is 0 Å². The molecule has 146 valence electrons. The van der Waals surface area contributed by atoms with Gasteiger partial charge < -0.3 is 56.6 Å². The largest absolute Gasteiger partial charge is 2.00 e. The zero-order valence-electron chi connectivity index (χ0n) is 15.4. The Labute approximate surface area is 230 Å². The van der Waals surface area contributed by atoms with Crippen molar-refractivity contribution in [2.45, 2.75) is 12.8 Å². The second-order valence-electron chi connectivity index (χ2n) is 4.47. The molecular weight excluding hydrogens is 643 g/mol. The smallest absolute Gasteiger partial charge is 1.00 e. The summed E-state index contributed by atoms with van der Waals surface area (Å²) in [6, 6.07) is 33.4. The van der Waals surface area contributed by atoms with Gasteiger partial charge in [-0.2, -0.15) is 6.42 Å². The minimum atomic E-state index is 0. The standard InChI is InChI=1S/C10H12.2C6H5.4ClH.2Sn/c1-3-9-5-7-10(4-2)8-6-9;2*1-2-4-6-5-3-1;;;;;;/h5-8H,1-4H2;2*1-5H;4*1H;;/q;;;;;;;2*+2/p-4. The first-order chi connectivity index (χ1) is 10.9. The molecule has 0 saturated carbocycles. The Morgan fingerprint density at radius 3 is 1.11 bits per heavy atom. The summed E-state index contributed by atoms with van der Waals surface area (Å²) in [7, 11) is 0. The molecule has 0 atom stereocenters. The first kappa shape index (κ1) is 42.4. The number of rotatable bonds is 2. The van der Waals surface area contributed by atoms with Crippen LogP contribution in [0.2, 0.25) is 0 Å². The molecule has 3 aromatic rings. The van der Waals surface area contributed by atoms with Crippen molar-refractivity contribution >= 4 is 47.8 Å². The molecule has 3 aromatic carbocycles. The molecule has 0 fully saturated rings. The van der Waals surface area contributed by atoms with Crippen molar-refractivity contribution in [2.24, 2.45) is 0 Å². The van der Waals surface area contributed by atoms with E-state index < -0.39 is 0 Å². The van der Waals surface area contributed by atoms with Gasteiger partial charge >= 0.3 is 47.8 Å². The molecule has 0 nitrogen and oxygen atoms in total. The van der Waals surface area contributed by atoms with Crippen LogP contribution in [0.5, 0.6) is 0 Å². The molecule has 3 rings (SSSR count). The Bertz CT molecular complexity index is 472. The zero-order valence-corrected chi connectivity index (χ0v) is 24.2. The first-order valence-corrected chi connectivity index (χ1v) is 7.35. The molecule has 0 aliphatic carbocycles. The van der Waals surface area contributed by atoms with Gasteiger partial charge in [-0.15, -0.1) is 0 Å². The van der Waals surface area contributed by atoms with Crippen molar-refractivity contribution < 1.29 is 49.6 Å². The van der Waals surface area contributed by atoms with E-state index >= 15 is 0 Å². The van der Waals surface area contributed by atoms with E-state index in [-0.39, 0.29) is 97.4 Å². The number of hydrogen-bond acceptors (Lipinski definition) is 0. The van der Waals surface area contributed by atoms with E-state index in [9.17, 15) is 0 Å². The van der Waals surface area contributed by atoms with Gasteiger partial charge in [0.15, 0.2) is 0 Å². The van der Waals surface area contributed by atoms with Gasteiger partial charge in [0.25, 0.3) is 0 Å². The molecule has 0 aliphatic rings. The number of benzene rings is 3. The van der Waals surface area contributed by atoms with Gasteiger partial charge in [0.05, 0.1) is 6.92 Å². The fraction of sp³-hybridized carbons (Fsp3) is 0.0909. The number of halogens is 4. The van der Waals surface area contributed by atoms with Gasteiger partial charge in [-0.3, -0.25) is 0 Å². The van der Waals surface area contributed by atoms with Gasteiger partial charge in [0, 0.05) is 0 Å². The predicted molar refractivity (Wildman–Crippen MR) is 107 cm³/mol. The molecule has 0 spiro atoms. The minimum Gasteiger partial charge on any atom is -1.00 e. The Balaban J connectivity index is -0.0000000606. The van der Waals surface area contributed by atoms with Crippen LogP contribution in [-0.4, -0.2) is 47.8 Å². The second-order valence-corrected chi connectivity index (χ2v) is 4.47. The van der Waals surface area contributed by atoms with Crippen LogP contribution in [0.15, 0.2) is 84.9 Å². The van der Waals surface area contributed by atoms with Crippen molar-refractivity contribution in [3.05, 3.63) is 122 Å². The van der Waals surface area contributed by atoms with E-state index in [1.807, 2.05) is 60.7 Å². The van der Waals surface area contributed by atoms with E-state index in [1.165, 1.54) is 11.1 Å². The molecule has 0 amide bonds. The average molecular weight is 666 g/mol. The summed E-state index contributed by atoms with van der Waals surface area (Å²) in [6.45, 7) is 7.59. The van der Waals surface area contributed by atoms with Crippen LogP contribution in [-0.2, 0) is 12.8 Å². The summed E-state index contributed by atoms with van der Waals surface area (Å²) in [4.78, 5) is 0. The molecule has 28 heavy (non-hydrogen) atoms. The predicted octanol–water partition coefficient (Wildman–Crippen LogP) is -7.33. The van der Waals surface area contributed by atoms with Crippen molar-refractivity contribution in [3.63, 3.8) is 0 Å². The Hall–Kier alpha value is 0.287. The molecule has 0 bridgehead atoms. The Kier molecular flexibility index (Phi) is 48.4. The van der Waals surface area contributed by atoms with Crippen molar-refractivity contribution in [1.82, 2.24) is 0 Å². The van der Waals surface area contributed by atoms with Crippen LogP contribution in [0, 0.1) is 26.0 Å². The summed E-state index contributed by atoms with van der Waals surface area (Å²) in [5.74, 6) is 0. The molecule has 6 heteroatoms. The van der Waals surface area contributed by atoms with E-state index in [2.05, 4.69) is 50.2 Å². The van der Waals surface area contributed by atoms with Crippen LogP contribution in [0.3, 0.4) is 0 Å². The van der Waals surface area contributed by atoms with Crippen LogP contribution < -0.4 is 49.6 Å². The molecule has 0 saturated heterocycles. The molecule has 0 aromatic heterocycles. The van der Waals surface area contributed by atoms with Crippen LogP contribution in [0.1, 0.15) is 11.1 Å². The summed E-state index contributed by atoms with van der Waals surface area (Å²) < 4.78 is 0. The van der Waals surface area contributed by atoms with Crippen LogP contribution in [0.4, 0.5) is 0 Å². The quantitative estimate of drug-likeness (QED) is 0.189. The maximum absolute atomic E-state index is 3.80. The summed E-state index contributed by atoms with van der Waals surface area (Å²) in [5, 5.41) is 0. The maximum atomic E-state index is 3.80. The minimum absolute atomic E-state index is 0. The second kappa shape index (κ2) is 32.0. The van der Waals surface area contributed by atoms with Crippen molar-refractivity contribution in [3.8, 4) is 0 Å². The number of hydrogen-bond donors (Lipinski definition) is 0. The maximum Gasteiger partial charge on any atom is 2.00 e. The summed E-state index contributed by atoms with van der Waals surface area (Å²) in [6.07, 6.45) is 1.74. The third-order valence-electron chi connectivity index (χ3n) is 2.81. The van der Waals surface area contributed by atoms with Gasteiger partial charge in [0.2, 0.25) is 0 Å². The third-order valence-corrected chi connectivity index (χ3v) is 2.81. The molecule has 0 aliphatic heterocycles. The van der Waals surface area contributed by atoms with Gasteiger partial charge in [-0.1, -0.05) is 90.5 Å². The van der Waals surface area contributed by atoms with E-state index in [4.69, 9.17) is 0 Å². The topological polar surface area (TPSA) is 0 Å². The van der Waals surface area contributed by atoms with Gasteiger partial charge in [0.1, 0.15) is 6.42 Å². The van der Waals surface area contributed by atoms with Gasteiger partial charge in [-0.05, 0) is 17.7 Å². The van der Waals surface area contributed by atoms with E-state index in [0.29, 0.717) is 0 Å². The Morgan fingerprint density at radius 1 is 0.607 bits per heavy atom. The van der Waals surface area contributed by atoms with Crippen molar-refractivity contribution in [2.75, 3.05) is 0 Å². The molecule has 6 radical (unpaired) electrons. The van der Waals surface area contributed by atoms with Crippen LogP contribution in [0.25, 0.3) is 0 Å². The van der Waals surface area contributed by atoms with Crippen molar-refractivity contribution in [1.29, 1.82) is 0 Å². The fourth-order valence-corrected chi connectivity index (χ4v) is 1.56. The van der Waals surface area contributed by atoms with E-state index in [0.717, 1.165) is 12.8 Å². The van der Waals surface area contributed by atoms with Crippen LogP contribution >= 0.6 is 0 Å². The Morgan fingerprint density at radius 2 is 0.929 bits per heavy atom. The third kappa shape index (κ3) is 24.3. The first-order valence-electron chi connectivity index (χ1n) is 7.35. The molecular formula is C22H22Cl4Sn2. The zero-order chi connectivity index (χ0) is 15.9. The monoisotopic (exact) mass is 666 g/mol. The molecule has 0 N–H and O–H groups in total. The van der Waals surface area contributed by atoms with Gasteiger partial charge in [-0.25, -0.2) is 0 Å². The average Bonchev–Trinajstić information content (AvgIpc) is 2.66. The molecule has 0 heterocycles. The SMILES string of the molecule is [CH2+]Cc1ccc(C[CH2-])cc1.[Cl-].[Cl-].[Cl-].[Cl-].[Sn+2].[Sn+2].[c]1ccccc1.[c]1ccccc1. The fourth-order valence-electron chi connectivity index (χ4n) is 1.56.